The lowest BCUT2D eigenvalue weighted by Crippen LogP contribution is -2.15. The smallest absolute Gasteiger partial charge is 0.0922 e. The number of nitrogens with zero attached hydrogens (tertiary/aromatic N) is 3. The van der Waals surface area contributed by atoms with Crippen LogP contribution >= 0.6 is 0 Å². The zero-order chi connectivity index (χ0) is 15.4. The molecule has 1 saturated carbocycles. The van der Waals surface area contributed by atoms with E-state index in [0.717, 1.165) is 28.2 Å². The number of hydrogen-bond acceptors (Lipinski definition) is 4. The molecule has 0 atom stereocenters. The van der Waals surface area contributed by atoms with Gasteiger partial charge in [-0.15, -0.1) is 0 Å². The largest absolute Gasteiger partial charge is 0.404 e. The van der Waals surface area contributed by atoms with Gasteiger partial charge in [0.1, 0.15) is 0 Å². The fourth-order valence-electron chi connectivity index (χ4n) is 2.87. The Morgan fingerprint density at radius 1 is 1.18 bits per heavy atom. The van der Waals surface area contributed by atoms with Gasteiger partial charge in [-0.05, 0) is 43.7 Å². The molecule has 0 spiro atoms. The molecule has 22 heavy (non-hydrogen) atoms. The van der Waals surface area contributed by atoms with E-state index in [9.17, 15) is 0 Å². The second kappa shape index (κ2) is 6.69. The van der Waals surface area contributed by atoms with Crippen molar-refractivity contribution in [2.75, 3.05) is 0 Å². The first-order chi connectivity index (χ1) is 10.8. The van der Waals surface area contributed by atoms with Gasteiger partial charge in [0, 0.05) is 24.0 Å². The molecule has 2 aromatic rings. The molecule has 0 unspecified atom stereocenters. The molecule has 1 aromatic carbocycles. The van der Waals surface area contributed by atoms with Crippen LogP contribution in [0.3, 0.4) is 0 Å². The highest BCUT2D eigenvalue weighted by Crippen LogP contribution is 2.25. The number of rotatable bonds is 3. The summed E-state index contributed by atoms with van der Waals surface area (Å²) < 4.78 is 0. The Bertz CT molecular complexity index is 697. The van der Waals surface area contributed by atoms with Crippen LogP contribution in [0.4, 0.5) is 0 Å². The SMILES string of the molecule is CC1CCC(N=CC(=CN)c2cnc3ccccc3n2)CC1. The summed E-state index contributed by atoms with van der Waals surface area (Å²) in [6.07, 6.45) is 10.0. The summed E-state index contributed by atoms with van der Waals surface area (Å²) in [7, 11) is 0. The zero-order valence-corrected chi connectivity index (χ0v) is 12.9. The van der Waals surface area contributed by atoms with Gasteiger partial charge in [0.15, 0.2) is 0 Å². The van der Waals surface area contributed by atoms with Crippen molar-refractivity contribution in [3.05, 3.63) is 42.4 Å². The van der Waals surface area contributed by atoms with Gasteiger partial charge in [-0.3, -0.25) is 9.98 Å². The van der Waals surface area contributed by atoms with E-state index >= 15 is 0 Å². The third-order valence-electron chi connectivity index (χ3n) is 4.33. The van der Waals surface area contributed by atoms with Crippen molar-refractivity contribution in [1.29, 1.82) is 0 Å². The van der Waals surface area contributed by atoms with Crippen LogP contribution < -0.4 is 5.73 Å². The van der Waals surface area contributed by atoms with Crippen LogP contribution in [0.25, 0.3) is 16.6 Å². The topological polar surface area (TPSA) is 64.2 Å². The molecule has 0 saturated heterocycles. The fraction of sp³-hybridized carbons (Fsp3) is 0.389. The summed E-state index contributed by atoms with van der Waals surface area (Å²) in [5, 5.41) is 0. The molecule has 1 aromatic heterocycles. The molecule has 1 fully saturated rings. The van der Waals surface area contributed by atoms with Gasteiger partial charge < -0.3 is 5.73 Å². The summed E-state index contributed by atoms with van der Waals surface area (Å²) in [6, 6.07) is 8.25. The quantitative estimate of drug-likeness (QED) is 0.880. The standard InChI is InChI=1S/C18H22N4/c1-13-6-8-15(9-7-13)20-11-14(10-19)18-12-21-16-4-2-3-5-17(16)22-18/h2-5,10-13,15H,6-9,19H2,1H3. The number of nitrogens with two attached hydrogens (primary N) is 1. The van der Waals surface area contributed by atoms with Crippen LogP contribution in [0.1, 0.15) is 38.3 Å². The lowest BCUT2D eigenvalue weighted by Gasteiger charge is -2.23. The van der Waals surface area contributed by atoms with E-state index in [4.69, 9.17) is 10.7 Å². The van der Waals surface area contributed by atoms with Crippen LogP contribution in [0.2, 0.25) is 0 Å². The number of benzene rings is 1. The first kappa shape index (κ1) is 14.7. The number of aliphatic imine (C=N–C) groups is 1. The van der Waals surface area contributed by atoms with Crippen molar-refractivity contribution in [3.63, 3.8) is 0 Å². The fourth-order valence-corrected chi connectivity index (χ4v) is 2.87. The number of aromatic nitrogens is 2. The van der Waals surface area contributed by atoms with Crippen molar-refractivity contribution in [2.24, 2.45) is 16.6 Å². The van der Waals surface area contributed by atoms with Crippen LogP contribution in [-0.2, 0) is 0 Å². The molecule has 1 aliphatic rings. The lowest BCUT2D eigenvalue weighted by atomic mass is 9.88. The molecule has 4 heteroatoms. The molecule has 1 heterocycles. The van der Waals surface area contributed by atoms with E-state index in [2.05, 4.69) is 16.9 Å². The number of hydrogen-bond donors (Lipinski definition) is 1. The highest BCUT2D eigenvalue weighted by molar-refractivity contribution is 6.09. The molecule has 4 nitrogen and oxygen atoms in total. The summed E-state index contributed by atoms with van der Waals surface area (Å²) in [6.45, 7) is 2.32. The molecule has 2 N–H and O–H groups in total. The van der Waals surface area contributed by atoms with Crippen LogP contribution in [0, 0.1) is 5.92 Å². The van der Waals surface area contributed by atoms with Crippen molar-refractivity contribution in [3.8, 4) is 0 Å². The minimum absolute atomic E-state index is 0.416. The summed E-state index contributed by atoms with van der Waals surface area (Å²) in [5.41, 5.74) is 9.13. The first-order valence-electron chi connectivity index (χ1n) is 7.93. The Kier molecular flexibility index (Phi) is 4.47. The van der Waals surface area contributed by atoms with Crippen LogP contribution in [0.5, 0.6) is 0 Å². The molecule has 114 valence electrons. The van der Waals surface area contributed by atoms with E-state index in [1.807, 2.05) is 30.5 Å². The first-order valence-corrected chi connectivity index (χ1v) is 7.93. The van der Waals surface area contributed by atoms with Gasteiger partial charge in [-0.2, -0.15) is 0 Å². The third kappa shape index (κ3) is 3.32. The Morgan fingerprint density at radius 3 is 2.64 bits per heavy atom. The van der Waals surface area contributed by atoms with E-state index in [-0.39, 0.29) is 0 Å². The molecule has 0 amide bonds. The maximum atomic E-state index is 5.77. The Balaban J connectivity index is 1.78. The molecular weight excluding hydrogens is 272 g/mol. The lowest BCUT2D eigenvalue weighted by molar-refractivity contribution is 0.350. The van der Waals surface area contributed by atoms with Crippen LogP contribution in [-0.4, -0.2) is 22.2 Å². The minimum Gasteiger partial charge on any atom is -0.404 e. The van der Waals surface area contributed by atoms with E-state index in [1.165, 1.54) is 25.7 Å². The number of allylic oxidation sites excluding steroid dienone is 1. The molecule has 1 aliphatic carbocycles. The summed E-state index contributed by atoms with van der Waals surface area (Å²) in [4.78, 5) is 13.8. The maximum Gasteiger partial charge on any atom is 0.0922 e. The average Bonchev–Trinajstić information content (AvgIpc) is 2.57. The van der Waals surface area contributed by atoms with Gasteiger partial charge in [-0.25, -0.2) is 4.98 Å². The maximum absolute atomic E-state index is 5.77. The Labute approximate surface area is 131 Å². The van der Waals surface area contributed by atoms with Gasteiger partial charge >= 0.3 is 0 Å². The normalized spacial score (nSPS) is 23.2. The van der Waals surface area contributed by atoms with E-state index < -0.39 is 0 Å². The highest BCUT2D eigenvalue weighted by atomic mass is 14.8. The van der Waals surface area contributed by atoms with E-state index in [1.54, 1.807) is 12.4 Å². The molecule has 0 bridgehead atoms. The van der Waals surface area contributed by atoms with Gasteiger partial charge in [0.25, 0.3) is 0 Å². The van der Waals surface area contributed by atoms with Gasteiger partial charge in [0.2, 0.25) is 0 Å². The van der Waals surface area contributed by atoms with Crippen molar-refractivity contribution >= 4 is 22.8 Å². The number of para-hydroxylation sites is 2. The monoisotopic (exact) mass is 294 g/mol. The highest BCUT2D eigenvalue weighted by Gasteiger charge is 2.16. The van der Waals surface area contributed by atoms with Gasteiger partial charge in [-0.1, -0.05) is 19.1 Å². The van der Waals surface area contributed by atoms with E-state index in [0.29, 0.717) is 6.04 Å². The van der Waals surface area contributed by atoms with Crippen molar-refractivity contribution < 1.29 is 0 Å². The van der Waals surface area contributed by atoms with Gasteiger partial charge in [0.05, 0.1) is 22.9 Å². The summed E-state index contributed by atoms with van der Waals surface area (Å²) >= 11 is 0. The molecule has 0 radical (unpaired) electrons. The molecule has 3 rings (SSSR count). The average molecular weight is 294 g/mol. The second-order valence-electron chi connectivity index (χ2n) is 6.06. The summed E-state index contributed by atoms with van der Waals surface area (Å²) in [5.74, 6) is 0.835. The second-order valence-corrected chi connectivity index (χ2v) is 6.06. The van der Waals surface area contributed by atoms with Crippen molar-refractivity contribution in [2.45, 2.75) is 38.6 Å². The minimum atomic E-state index is 0.416. The zero-order valence-electron chi connectivity index (χ0n) is 12.9. The number of fused-ring (bicyclic) bond motifs is 1. The molecular formula is C18H22N4. The predicted octanol–water partition coefficient (Wildman–Crippen LogP) is 3.58. The van der Waals surface area contributed by atoms with Crippen LogP contribution in [0.15, 0.2) is 41.7 Å². The predicted molar refractivity (Wildman–Crippen MR) is 91.6 cm³/mol. The third-order valence-corrected chi connectivity index (χ3v) is 4.33. The molecule has 0 aliphatic heterocycles. The Hall–Kier alpha value is -2.23. The Morgan fingerprint density at radius 2 is 1.91 bits per heavy atom. The van der Waals surface area contributed by atoms with Crippen molar-refractivity contribution in [1.82, 2.24) is 9.97 Å².